The van der Waals surface area contributed by atoms with Gasteiger partial charge in [0.2, 0.25) is 0 Å². The number of nitrogens with zero attached hydrogens (tertiary/aromatic N) is 1. The van der Waals surface area contributed by atoms with Gasteiger partial charge in [-0.15, -0.1) is 0 Å². The van der Waals surface area contributed by atoms with Gasteiger partial charge in [0.1, 0.15) is 23.8 Å². The first-order valence-electron chi connectivity index (χ1n) is 12.6. The van der Waals surface area contributed by atoms with Crippen molar-refractivity contribution in [1.29, 1.82) is 0 Å². The molecule has 2 N–H and O–H groups in total. The van der Waals surface area contributed by atoms with E-state index in [1.165, 1.54) is 0 Å². The number of fused-ring (bicyclic) bond motifs is 1. The fourth-order valence-electron chi connectivity index (χ4n) is 5.07. The van der Waals surface area contributed by atoms with Crippen LogP contribution < -0.4 is 0 Å². The van der Waals surface area contributed by atoms with E-state index in [1.54, 1.807) is 34.0 Å². The number of epoxide rings is 1. The van der Waals surface area contributed by atoms with Crippen LogP contribution in [0.2, 0.25) is 0 Å². The minimum absolute atomic E-state index is 0.0716. The van der Waals surface area contributed by atoms with Crippen LogP contribution in [0.1, 0.15) is 85.2 Å². The molecule has 0 radical (unpaired) electrons. The average Bonchev–Trinajstić information content (AvgIpc) is 3.22. The van der Waals surface area contributed by atoms with E-state index in [0.29, 0.717) is 18.0 Å². The quantitative estimate of drug-likeness (QED) is 0.470. The van der Waals surface area contributed by atoms with Crippen molar-refractivity contribution in [3.63, 3.8) is 0 Å². The zero-order valence-corrected chi connectivity index (χ0v) is 22.0. The van der Waals surface area contributed by atoms with E-state index in [4.69, 9.17) is 13.9 Å². The number of cyclic esters (lactones) is 1. The molecule has 196 valence electrons. The van der Waals surface area contributed by atoms with Crippen molar-refractivity contribution in [3.8, 4) is 0 Å². The number of carbonyl (C=O) groups excluding carboxylic acids is 2. The largest absolute Gasteiger partial charge is 0.458 e. The van der Waals surface area contributed by atoms with E-state index in [-0.39, 0.29) is 29.8 Å². The maximum Gasteiger partial charge on any atom is 0.309 e. The molecule has 2 fully saturated rings. The zero-order valence-electron chi connectivity index (χ0n) is 22.0. The normalized spacial score (nSPS) is 37.5. The molecule has 1 aromatic rings. The molecule has 2 aliphatic heterocycles. The molecule has 0 amide bonds. The lowest BCUT2D eigenvalue weighted by molar-refractivity contribution is -0.154. The van der Waals surface area contributed by atoms with Gasteiger partial charge in [0.05, 0.1) is 35.7 Å². The summed E-state index contributed by atoms with van der Waals surface area (Å²) in [6.45, 7) is 12.5. The molecular formula is C27H41NO7. The number of aromatic nitrogens is 1. The summed E-state index contributed by atoms with van der Waals surface area (Å²) in [5.74, 6) is -1.06. The van der Waals surface area contributed by atoms with Crippen LogP contribution in [0.4, 0.5) is 0 Å². The number of aliphatic hydroxyl groups is 2. The Morgan fingerprint density at radius 3 is 2.51 bits per heavy atom. The number of esters is 1. The van der Waals surface area contributed by atoms with Gasteiger partial charge < -0.3 is 24.1 Å². The second-order valence-electron chi connectivity index (χ2n) is 11.3. The molecule has 35 heavy (non-hydrogen) atoms. The molecule has 0 spiro atoms. The average molecular weight is 492 g/mol. The molecule has 0 bridgehead atoms. The summed E-state index contributed by atoms with van der Waals surface area (Å²) in [6, 6.07) is 0. The number of hydrogen-bond acceptors (Lipinski definition) is 8. The molecular weight excluding hydrogens is 450 g/mol. The number of aliphatic hydroxyl groups excluding tert-OH is 2. The summed E-state index contributed by atoms with van der Waals surface area (Å²) < 4.78 is 17.1. The van der Waals surface area contributed by atoms with Crippen LogP contribution in [0.25, 0.3) is 6.08 Å². The molecule has 0 saturated carbocycles. The highest BCUT2D eigenvalue weighted by Crippen LogP contribution is 2.45. The summed E-state index contributed by atoms with van der Waals surface area (Å²) in [5.41, 5.74) is -0.107. The van der Waals surface area contributed by atoms with Crippen LogP contribution >= 0.6 is 0 Å². The number of ether oxygens (including phenoxy) is 2. The van der Waals surface area contributed by atoms with Crippen molar-refractivity contribution in [2.45, 2.75) is 111 Å². The van der Waals surface area contributed by atoms with Crippen molar-refractivity contribution < 1.29 is 33.7 Å². The molecule has 2 saturated heterocycles. The number of oxazole rings is 1. The predicted octanol–water partition coefficient (Wildman–Crippen LogP) is 4.01. The molecule has 3 rings (SSSR count). The van der Waals surface area contributed by atoms with Gasteiger partial charge in [-0.1, -0.05) is 34.1 Å². The van der Waals surface area contributed by atoms with Gasteiger partial charge in [-0.05, 0) is 44.3 Å². The molecule has 3 heterocycles. The Kier molecular flexibility index (Phi) is 8.29. The Morgan fingerprint density at radius 2 is 1.89 bits per heavy atom. The first kappa shape index (κ1) is 27.6. The van der Waals surface area contributed by atoms with Crippen LogP contribution in [-0.4, -0.2) is 57.0 Å². The number of hydrogen-bond donors (Lipinski definition) is 2. The van der Waals surface area contributed by atoms with Gasteiger partial charge in [0.25, 0.3) is 0 Å². The Hall–Kier alpha value is -2.03. The van der Waals surface area contributed by atoms with Crippen LogP contribution in [0, 0.1) is 24.2 Å². The predicted molar refractivity (Wildman–Crippen MR) is 130 cm³/mol. The number of carbonyl (C=O) groups is 2. The molecule has 0 aromatic carbocycles. The van der Waals surface area contributed by atoms with Gasteiger partial charge in [0.15, 0.2) is 5.89 Å². The highest BCUT2D eigenvalue weighted by atomic mass is 16.6. The van der Waals surface area contributed by atoms with Crippen molar-refractivity contribution in [3.05, 3.63) is 23.4 Å². The molecule has 0 unspecified atom stereocenters. The summed E-state index contributed by atoms with van der Waals surface area (Å²) in [4.78, 5) is 30.4. The van der Waals surface area contributed by atoms with E-state index in [0.717, 1.165) is 24.8 Å². The highest BCUT2D eigenvalue weighted by molar-refractivity contribution is 5.88. The van der Waals surface area contributed by atoms with Crippen LogP contribution in [0.15, 0.2) is 16.3 Å². The minimum Gasteiger partial charge on any atom is -0.458 e. The maximum atomic E-state index is 13.2. The number of Topliss-reactive ketones (excluding diaryl/α,β-unsaturated/α-hetero) is 1. The minimum atomic E-state index is -1.24. The monoisotopic (exact) mass is 491 g/mol. The topological polar surface area (TPSA) is 122 Å². The molecule has 1 aromatic heterocycles. The Morgan fingerprint density at radius 1 is 1.20 bits per heavy atom. The van der Waals surface area contributed by atoms with Crippen LogP contribution in [0.5, 0.6) is 0 Å². The standard InChI is InChI=1S/C27H41NO7/c1-15-9-8-10-27(7)22(35-27)12-20(16(2)11-19-14-33-18(4)28-19)34-23(30)13-21(29)26(5,6)25(32)17(3)24(15)31/h11,14-15,17,20-22,24,29,31H,8-10,12-13H2,1-7H3/b16-11+/t15-,17+,20-,21-,22-,24+,27+/m0/s1. The molecule has 0 aliphatic carbocycles. The zero-order chi connectivity index (χ0) is 26.1. The molecule has 2 aliphatic rings. The van der Waals surface area contributed by atoms with Gasteiger partial charge in [-0.3, -0.25) is 9.59 Å². The second kappa shape index (κ2) is 10.5. The van der Waals surface area contributed by atoms with E-state index in [1.807, 2.05) is 19.9 Å². The number of aryl methyl sites for hydroxylation is 1. The van der Waals surface area contributed by atoms with Gasteiger partial charge in [-0.2, -0.15) is 0 Å². The molecule has 8 nitrogen and oxygen atoms in total. The third-order valence-corrected chi connectivity index (χ3v) is 7.93. The number of rotatable bonds is 2. The highest BCUT2D eigenvalue weighted by Gasteiger charge is 2.53. The van der Waals surface area contributed by atoms with E-state index < -0.39 is 35.6 Å². The van der Waals surface area contributed by atoms with Crippen molar-refractivity contribution in [2.24, 2.45) is 17.3 Å². The van der Waals surface area contributed by atoms with Crippen molar-refractivity contribution >= 4 is 17.8 Å². The molecule has 7 atom stereocenters. The third kappa shape index (κ3) is 6.40. The first-order valence-corrected chi connectivity index (χ1v) is 12.6. The Bertz CT molecular complexity index is 951. The fraction of sp³-hybridized carbons (Fsp3) is 0.741. The lowest BCUT2D eigenvalue weighted by Gasteiger charge is -2.34. The maximum absolute atomic E-state index is 13.2. The van der Waals surface area contributed by atoms with E-state index >= 15 is 0 Å². The van der Waals surface area contributed by atoms with Crippen LogP contribution in [-0.2, 0) is 19.1 Å². The third-order valence-electron chi connectivity index (χ3n) is 7.93. The fourth-order valence-corrected chi connectivity index (χ4v) is 5.07. The van der Waals surface area contributed by atoms with Gasteiger partial charge in [-0.25, -0.2) is 4.98 Å². The lowest BCUT2D eigenvalue weighted by atomic mass is 9.73. The van der Waals surface area contributed by atoms with E-state index in [2.05, 4.69) is 11.9 Å². The SMILES string of the molecule is C/C(=C\c1coc(C)n1)[C@@H]1C[C@@H]2O[C@]2(C)CCC[C@H](C)[C@@H](O)[C@@H](C)C(=O)C(C)(C)[C@@H](O)CC(=O)O1. The summed E-state index contributed by atoms with van der Waals surface area (Å²) in [5, 5.41) is 21.7. The number of ketones is 1. The Labute approximate surface area is 208 Å². The molecule has 8 heteroatoms. The smallest absolute Gasteiger partial charge is 0.309 e. The summed E-state index contributed by atoms with van der Waals surface area (Å²) in [7, 11) is 0. The summed E-state index contributed by atoms with van der Waals surface area (Å²) in [6.07, 6.45) is 3.23. The van der Waals surface area contributed by atoms with Crippen LogP contribution in [0.3, 0.4) is 0 Å². The van der Waals surface area contributed by atoms with E-state index in [9.17, 15) is 19.8 Å². The lowest BCUT2D eigenvalue weighted by Crippen LogP contribution is -2.45. The Balaban J connectivity index is 1.85. The van der Waals surface area contributed by atoms with Crippen molar-refractivity contribution in [1.82, 2.24) is 4.98 Å². The van der Waals surface area contributed by atoms with Gasteiger partial charge in [0, 0.05) is 19.3 Å². The summed E-state index contributed by atoms with van der Waals surface area (Å²) >= 11 is 0. The second-order valence-corrected chi connectivity index (χ2v) is 11.3. The van der Waals surface area contributed by atoms with Crippen molar-refractivity contribution in [2.75, 3.05) is 0 Å². The first-order chi connectivity index (χ1) is 16.2. The van der Waals surface area contributed by atoms with Gasteiger partial charge >= 0.3 is 5.97 Å².